The Morgan fingerprint density at radius 3 is 2.52 bits per heavy atom. The van der Waals surface area contributed by atoms with Crippen molar-refractivity contribution in [2.75, 3.05) is 18.4 Å². The predicted octanol–water partition coefficient (Wildman–Crippen LogP) is 2.43. The van der Waals surface area contributed by atoms with Crippen LogP contribution in [0, 0.1) is 0 Å². The third kappa shape index (κ3) is 4.92. The monoisotopic (exact) mass is 299 g/mol. The number of rotatable bonds is 5. The first kappa shape index (κ1) is 15.0. The molecule has 1 aromatic heterocycles. The summed E-state index contributed by atoms with van der Waals surface area (Å²) in [5.41, 5.74) is 1.26. The molecule has 1 amide bonds. The number of hydrogen-bond acceptors (Lipinski definition) is 4. The summed E-state index contributed by atoms with van der Waals surface area (Å²) < 4.78 is 40.8. The molecule has 1 aromatic carbocycles. The Labute approximate surface area is 118 Å². The second-order valence-corrected chi connectivity index (χ2v) is 4.21. The summed E-state index contributed by atoms with van der Waals surface area (Å²) in [5, 5.41) is 4.50. The third-order valence-electron chi connectivity index (χ3n) is 2.50. The minimum atomic E-state index is -4.33. The molecule has 0 bridgehead atoms. The summed E-state index contributed by atoms with van der Waals surface area (Å²) in [5.74, 6) is 0.0337. The number of nitrogens with one attached hydrogen (secondary N) is 2. The number of nitrogens with zero attached hydrogens (tertiary/aromatic N) is 1. The van der Waals surface area contributed by atoms with Gasteiger partial charge in [0.15, 0.2) is 12.2 Å². The van der Waals surface area contributed by atoms with Gasteiger partial charge in [-0.2, -0.15) is 13.2 Å². The molecule has 21 heavy (non-hydrogen) atoms. The highest BCUT2D eigenvalue weighted by molar-refractivity contribution is 5.92. The lowest BCUT2D eigenvalue weighted by Gasteiger charge is -2.09. The van der Waals surface area contributed by atoms with E-state index in [-0.39, 0.29) is 0 Å². The van der Waals surface area contributed by atoms with E-state index in [4.69, 9.17) is 4.42 Å². The maximum absolute atomic E-state index is 11.9. The van der Waals surface area contributed by atoms with Crippen LogP contribution in [0.3, 0.4) is 0 Å². The van der Waals surface area contributed by atoms with E-state index in [0.29, 0.717) is 11.4 Å². The summed E-state index contributed by atoms with van der Waals surface area (Å²) in [4.78, 5) is 15.2. The van der Waals surface area contributed by atoms with Gasteiger partial charge in [0.1, 0.15) is 0 Å². The molecule has 0 aliphatic heterocycles. The van der Waals surface area contributed by atoms with E-state index >= 15 is 0 Å². The smallest absolute Gasteiger partial charge is 0.401 e. The molecule has 5 nitrogen and oxygen atoms in total. The van der Waals surface area contributed by atoms with Crippen LogP contribution in [0.15, 0.2) is 41.3 Å². The number of halogens is 3. The van der Waals surface area contributed by atoms with Gasteiger partial charge in [0.25, 0.3) is 0 Å². The molecule has 0 spiro atoms. The predicted molar refractivity (Wildman–Crippen MR) is 69.5 cm³/mol. The van der Waals surface area contributed by atoms with Crippen LogP contribution in [-0.2, 0) is 4.79 Å². The molecule has 0 radical (unpaired) electrons. The lowest BCUT2D eigenvalue weighted by atomic mass is 10.2. The summed E-state index contributed by atoms with van der Waals surface area (Å²) in [6, 6.07) is 6.66. The number of hydrogen-bond donors (Lipinski definition) is 2. The minimum absolute atomic E-state index is 0.413. The van der Waals surface area contributed by atoms with Crippen LogP contribution < -0.4 is 10.6 Å². The van der Waals surface area contributed by atoms with Gasteiger partial charge in [0, 0.05) is 11.3 Å². The molecule has 2 rings (SSSR count). The van der Waals surface area contributed by atoms with Crippen LogP contribution in [0.2, 0.25) is 0 Å². The van der Waals surface area contributed by atoms with Gasteiger partial charge in [-0.15, -0.1) is 0 Å². The fourth-order valence-corrected chi connectivity index (χ4v) is 1.60. The zero-order valence-corrected chi connectivity index (χ0v) is 10.8. The Morgan fingerprint density at radius 1 is 1.24 bits per heavy atom. The number of oxazole rings is 1. The van der Waals surface area contributed by atoms with Gasteiger partial charge in [-0.05, 0) is 24.3 Å². The third-order valence-corrected chi connectivity index (χ3v) is 2.50. The fourth-order valence-electron chi connectivity index (χ4n) is 1.60. The van der Waals surface area contributed by atoms with Crippen LogP contribution >= 0.6 is 0 Å². The van der Waals surface area contributed by atoms with Gasteiger partial charge in [0.05, 0.1) is 19.3 Å². The number of aromatic nitrogens is 1. The van der Waals surface area contributed by atoms with Crippen molar-refractivity contribution >= 4 is 11.6 Å². The summed E-state index contributed by atoms with van der Waals surface area (Å²) in [6.45, 7) is -1.62. The molecule has 2 aromatic rings. The molecule has 0 aliphatic carbocycles. The van der Waals surface area contributed by atoms with E-state index in [2.05, 4.69) is 10.3 Å². The zero-order chi connectivity index (χ0) is 15.3. The number of amides is 1. The second-order valence-electron chi connectivity index (χ2n) is 4.21. The van der Waals surface area contributed by atoms with E-state index in [1.54, 1.807) is 30.5 Å². The van der Waals surface area contributed by atoms with Crippen molar-refractivity contribution in [2.45, 2.75) is 6.18 Å². The number of alkyl halides is 3. The molecule has 0 fully saturated rings. The largest absolute Gasteiger partial charge is 0.444 e. The first-order valence-corrected chi connectivity index (χ1v) is 6.00. The second kappa shape index (κ2) is 6.40. The van der Waals surface area contributed by atoms with Crippen molar-refractivity contribution in [3.05, 3.63) is 36.9 Å². The molecule has 0 saturated carbocycles. The summed E-state index contributed by atoms with van der Waals surface area (Å²) in [6.07, 6.45) is -1.48. The topological polar surface area (TPSA) is 67.2 Å². The van der Waals surface area contributed by atoms with E-state index in [9.17, 15) is 18.0 Å². The Morgan fingerprint density at radius 2 is 1.95 bits per heavy atom. The number of carbonyl (C=O) groups is 1. The molecule has 0 saturated heterocycles. The van der Waals surface area contributed by atoms with Crippen molar-refractivity contribution in [3.8, 4) is 11.3 Å². The lowest BCUT2D eigenvalue weighted by Crippen LogP contribution is -2.35. The number of anilines is 1. The molecule has 0 aliphatic rings. The van der Waals surface area contributed by atoms with Crippen LogP contribution in [0.4, 0.5) is 18.9 Å². The van der Waals surface area contributed by atoms with Crippen LogP contribution in [0.5, 0.6) is 0 Å². The van der Waals surface area contributed by atoms with Gasteiger partial charge >= 0.3 is 6.18 Å². The van der Waals surface area contributed by atoms with E-state index in [0.717, 1.165) is 5.56 Å². The molecule has 1 heterocycles. The first-order valence-electron chi connectivity index (χ1n) is 6.00. The highest BCUT2D eigenvalue weighted by Gasteiger charge is 2.26. The minimum Gasteiger partial charge on any atom is -0.444 e. The Hall–Kier alpha value is -2.35. The highest BCUT2D eigenvalue weighted by Crippen LogP contribution is 2.20. The standard InChI is InChI=1S/C13H12F3N3O2/c14-13(15,16)7-17-6-12(20)19-10-3-1-9(2-4-10)11-5-18-8-21-11/h1-5,8,17H,6-7H2,(H,19,20). The van der Waals surface area contributed by atoms with E-state index < -0.39 is 25.2 Å². The molecule has 0 unspecified atom stereocenters. The zero-order valence-electron chi connectivity index (χ0n) is 10.8. The number of carbonyl (C=O) groups excluding carboxylic acids is 1. The average molecular weight is 299 g/mol. The maximum atomic E-state index is 11.9. The highest BCUT2D eigenvalue weighted by atomic mass is 19.4. The van der Waals surface area contributed by atoms with Crippen molar-refractivity contribution in [1.82, 2.24) is 10.3 Å². The van der Waals surface area contributed by atoms with Gasteiger partial charge in [-0.1, -0.05) is 0 Å². The Balaban J connectivity index is 1.84. The Kier molecular flexibility index (Phi) is 4.59. The van der Waals surface area contributed by atoms with Crippen LogP contribution in [-0.4, -0.2) is 30.2 Å². The number of benzene rings is 1. The van der Waals surface area contributed by atoms with Crippen LogP contribution in [0.25, 0.3) is 11.3 Å². The molecule has 2 N–H and O–H groups in total. The van der Waals surface area contributed by atoms with Crippen molar-refractivity contribution in [3.63, 3.8) is 0 Å². The fraction of sp³-hybridized carbons (Fsp3) is 0.231. The van der Waals surface area contributed by atoms with Gasteiger partial charge in [0.2, 0.25) is 5.91 Å². The van der Waals surface area contributed by atoms with Crippen LogP contribution in [0.1, 0.15) is 0 Å². The van der Waals surface area contributed by atoms with E-state index in [1.807, 2.05) is 5.32 Å². The SMILES string of the molecule is O=C(CNCC(F)(F)F)Nc1ccc(-c2cnco2)cc1. The van der Waals surface area contributed by atoms with Gasteiger partial charge < -0.3 is 15.1 Å². The first-order chi connectivity index (χ1) is 9.94. The molecule has 8 heteroatoms. The normalized spacial score (nSPS) is 11.4. The van der Waals surface area contributed by atoms with Gasteiger partial charge in [-0.3, -0.25) is 4.79 Å². The summed E-state index contributed by atoms with van der Waals surface area (Å²) >= 11 is 0. The van der Waals surface area contributed by atoms with E-state index in [1.165, 1.54) is 6.39 Å². The Bertz CT molecular complexity index is 580. The van der Waals surface area contributed by atoms with Crippen molar-refractivity contribution in [2.24, 2.45) is 0 Å². The lowest BCUT2D eigenvalue weighted by molar-refractivity contribution is -0.126. The molecule has 112 valence electrons. The average Bonchev–Trinajstić information content (AvgIpc) is 2.92. The maximum Gasteiger partial charge on any atom is 0.401 e. The van der Waals surface area contributed by atoms with Crippen molar-refractivity contribution < 1.29 is 22.4 Å². The van der Waals surface area contributed by atoms with Gasteiger partial charge in [-0.25, -0.2) is 4.98 Å². The van der Waals surface area contributed by atoms with Crippen molar-refractivity contribution in [1.29, 1.82) is 0 Å². The molecular weight excluding hydrogens is 287 g/mol. The molecule has 0 atom stereocenters. The molecular formula is C13H12F3N3O2. The summed E-state index contributed by atoms with van der Waals surface area (Å²) in [7, 11) is 0. The quantitative estimate of drug-likeness (QED) is 0.890.